The number of para-hydroxylation sites is 2. The second-order valence-electron chi connectivity index (χ2n) is 5.61. The molecule has 0 aliphatic rings. The average molecular weight is 355 g/mol. The van der Waals surface area contributed by atoms with Gasteiger partial charge in [0, 0.05) is 17.8 Å². The Balaban J connectivity index is 2.10. The van der Waals surface area contributed by atoms with Crippen molar-refractivity contribution in [3.63, 3.8) is 0 Å². The summed E-state index contributed by atoms with van der Waals surface area (Å²) < 4.78 is 3.38. The number of hydrogen-bond acceptors (Lipinski definition) is 4. The highest BCUT2D eigenvalue weighted by atomic mass is 32.2. The van der Waals surface area contributed by atoms with Crippen molar-refractivity contribution >= 4 is 34.2 Å². The maximum Gasteiger partial charge on any atom is 0.333 e. The fraction of sp³-hybridized carbons (Fsp3) is 0.167. The summed E-state index contributed by atoms with van der Waals surface area (Å²) in [6, 6.07) is 13.9. The van der Waals surface area contributed by atoms with Gasteiger partial charge in [-0.15, -0.1) is 11.8 Å². The summed E-state index contributed by atoms with van der Waals surface area (Å²) >= 11 is 1.54. The van der Waals surface area contributed by atoms with Crippen molar-refractivity contribution in [3.05, 3.63) is 80.1 Å². The molecule has 0 aliphatic carbocycles. The van der Waals surface area contributed by atoms with Crippen LogP contribution in [-0.4, -0.2) is 20.3 Å². The van der Waals surface area contributed by atoms with E-state index in [1.165, 1.54) is 12.1 Å². The second kappa shape index (κ2) is 6.98. The summed E-state index contributed by atoms with van der Waals surface area (Å²) in [6.45, 7) is 2.26. The van der Waals surface area contributed by atoms with Crippen LogP contribution in [0, 0.1) is 10.1 Å². The third-order valence-corrected chi connectivity index (χ3v) is 4.54. The van der Waals surface area contributed by atoms with Crippen molar-refractivity contribution in [1.29, 1.82) is 0 Å². The van der Waals surface area contributed by atoms with E-state index < -0.39 is 4.92 Å². The molecule has 2 aromatic carbocycles. The number of hydrogen-bond donors (Lipinski definition) is 0. The number of nitrogens with zero attached hydrogens (tertiary/aromatic N) is 3. The van der Waals surface area contributed by atoms with E-state index in [2.05, 4.69) is 0 Å². The Bertz CT molecular complexity index is 1020. The molecule has 0 radical (unpaired) electrons. The van der Waals surface area contributed by atoms with Crippen LogP contribution in [0.3, 0.4) is 0 Å². The summed E-state index contributed by atoms with van der Waals surface area (Å²) in [5, 5.41) is 12.7. The quantitative estimate of drug-likeness (QED) is 0.513. The van der Waals surface area contributed by atoms with Gasteiger partial charge in [0.2, 0.25) is 0 Å². The van der Waals surface area contributed by atoms with Crippen LogP contribution in [0.2, 0.25) is 0 Å². The lowest BCUT2D eigenvalue weighted by molar-refractivity contribution is -0.384. The summed E-state index contributed by atoms with van der Waals surface area (Å²) in [5.41, 5.74) is 3.29. The van der Waals surface area contributed by atoms with E-state index in [0.29, 0.717) is 6.54 Å². The molecule has 0 atom stereocenters. The number of thioether (sulfide) groups is 1. The molecule has 1 aromatic heterocycles. The fourth-order valence-electron chi connectivity index (χ4n) is 2.83. The van der Waals surface area contributed by atoms with E-state index in [-0.39, 0.29) is 11.4 Å². The van der Waals surface area contributed by atoms with Gasteiger partial charge in [0.25, 0.3) is 5.69 Å². The van der Waals surface area contributed by atoms with Crippen LogP contribution in [0.4, 0.5) is 5.69 Å². The highest BCUT2D eigenvalue weighted by Gasteiger charge is 2.14. The van der Waals surface area contributed by atoms with Gasteiger partial charge in [0.1, 0.15) is 0 Å². The summed E-state index contributed by atoms with van der Waals surface area (Å²) in [5.74, 6) is 0. The Kier molecular flexibility index (Phi) is 4.76. The van der Waals surface area contributed by atoms with Crippen molar-refractivity contribution in [2.45, 2.75) is 13.5 Å². The van der Waals surface area contributed by atoms with Crippen LogP contribution in [0.1, 0.15) is 12.5 Å². The Morgan fingerprint density at radius 2 is 1.80 bits per heavy atom. The average Bonchev–Trinajstić information content (AvgIpc) is 2.88. The van der Waals surface area contributed by atoms with Gasteiger partial charge in [0.15, 0.2) is 0 Å². The van der Waals surface area contributed by atoms with E-state index in [4.69, 9.17) is 0 Å². The van der Waals surface area contributed by atoms with Gasteiger partial charge < -0.3 is 0 Å². The smallest absolute Gasteiger partial charge is 0.287 e. The number of imidazole rings is 1. The molecule has 3 rings (SSSR count). The van der Waals surface area contributed by atoms with E-state index in [1.807, 2.05) is 42.9 Å². The SMILES string of the molecule is CS/C=C(\C)n1c(=O)n(Cc2ccc([N+](=O)[O-])cc2)c2ccccc21. The first kappa shape index (κ1) is 17.0. The molecule has 0 bridgehead atoms. The van der Waals surface area contributed by atoms with Crippen molar-refractivity contribution < 1.29 is 4.92 Å². The predicted octanol–water partition coefficient (Wildman–Crippen LogP) is 3.94. The van der Waals surface area contributed by atoms with E-state index in [0.717, 1.165) is 22.3 Å². The number of allylic oxidation sites excluding steroid dienone is 1. The lowest BCUT2D eigenvalue weighted by Gasteiger charge is -2.04. The Hall–Kier alpha value is -2.80. The standard InChI is InChI=1S/C18H17N3O3S/c1-13(12-25-2)20-17-6-4-3-5-16(17)19(18(20)22)11-14-7-9-15(10-8-14)21(23)24/h3-10,12H,11H2,1-2H3/b13-12+. The molecule has 3 aromatic rings. The first-order valence-electron chi connectivity index (χ1n) is 7.66. The molecule has 1 heterocycles. The van der Waals surface area contributed by atoms with Crippen LogP contribution in [0.5, 0.6) is 0 Å². The van der Waals surface area contributed by atoms with Crippen LogP contribution in [-0.2, 0) is 6.54 Å². The normalized spacial score (nSPS) is 11.8. The zero-order valence-electron chi connectivity index (χ0n) is 13.9. The first-order chi connectivity index (χ1) is 12.0. The molecule has 0 aliphatic heterocycles. The van der Waals surface area contributed by atoms with Gasteiger partial charge in [-0.3, -0.25) is 19.2 Å². The number of nitro benzene ring substituents is 1. The number of nitro groups is 1. The molecule has 0 amide bonds. The predicted molar refractivity (Wildman–Crippen MR) is 102 cm³/mol. The zero-order valence-corrected chi connectivity index (χ0v) is 14.7. The third-order valence-electron chi connectivity index (χ3n) is 3.96. The van der Waals surface area contributed by atoms with Crippen molar-refractivity contribution in [2.24, 2.45) is 0 Å². The monoisotopic (exact) mass is 355 g/mol. The Labute approximate surface area is 148 Å². The van der Waals surface area contributed by atoms with Gasteiger partial charge in [-0.25, -0.2) is 4.79 Å². The minimum absolute atomic E-state index is 0.0391. The zero-order chi connectivity index (χ0) is 18.0. The van der Waals surface area contributed by atoms with Gasteiger partial charge >= 0.3 is 5.69 Å². The molecule has 7 heteroatoms. The molecule has 25 heavy (non-hydrogen) atoms. The number of non-ortho nitro benzene ring substituents is 1. The minimum atomic E-state index is -0.432. The number of rotatable bonds is 5. The first-order valence-corrected chi connectivity index (χ1v) is 8.95. The molecule has 128 valence electrons. The highest BCUT2D eigenvalue weighted by molar-refractivity contribution is 8.01. The lowest BCUT2D eigenvalue weighted by atomic mass is 10.2. The van der Waals surface area contributed by atoms with Crippen LogP contribution < -0.4 is 5.69 Å². The largest absolute Gasteiger partial charge is 0.333 e. The molecule has 6 nitrogen and oxygen atoms in total. The van der Waals surface area contributed by atoms with Gasteiger partial charge in [-0.2, -0.15) is 0 Å². The second-order valence-corrected chi connectivity index (χ2v) is 6.32. The Morgan fingerprint density at radius 3 is 2.40 bits per heavy atom. The maximum atomic E-state index is 13.0. The van der Waals surface area contributed by atoms with E-state index in [1.54, 1.807) is 33.0 Å². The fourth-order valence-corrected chi connectivity index (χ4v) is 3.28. The number of benzene rings is 2. The maximum absolute atomic E-state index is 13.0. The molecule has 0 unspecified atom stereocenters. The summed E-state index contributed by atoms with van der Waals surface area (Å²) in [7, 11) is 0. The highest BCUT2D eigenvalue weighted by Crippen LogP contribution is 2.20. The molecule has 0 N–H and O–H groups in total. The van der Waals surface area contributed by atoms with Gasteiger partial charge in [0.05, 0.1) is 22.5 Å². The number of fused-ring (bicyclic) bond motifs is 1. The van der Waals surface area contributed by atoms with Crippen molar-refractivity contribution in [3.8, 4) is 0 Å². The van der Waals surface area contributed by atoms with Gasteiger partial charge in [-0.1, -0.05) is 24.3 Å². The minimum Gasteiger partial charge on any atom is -0.287 e. The van der Waals surface area contributed by atoms with Crippen molar-refractivity contribution in [2.75, 3.05) is 6.26 Å². The van der Waals surface area contributed by atoms with E-state index in [9.17, 15) is 14.9 Å². The van der Waals surface area contributed by atoms with E-state index >= 15 is 0 Å². The molecule has 0 saturated heterocycles. The summed E-state index contributed by atoms with van der Waals surface area (Å²) in [6.07, 6.45) is 1.95. The molecular weight excluding hydrogens is 338 g/mol. The molecule has 0 saturated carbocycles. The van der Waals surface area contributed by atoms with Crippen LogP contribution in [0.15, 0.2) is 58.7 Å². The summed E-state index contributed by atoms with van der Waals surface area (Å²) in [4.78, 5) is 23.3. The van der Waals surface area contributed by atoms with Gasteiger partial charge in [-0.05, 0) is 36.3 Å². The molecule has 0 spiro atoms. The number of aromatic nitrogens is 2. The topological polar surface area (TPSA) is 70.1 Å². The van der Waals surface area contributed by atoms with Crippen molar-refractivity contribution in [1.82, 2.24) is 9.13 Å². The molecule has 0 fully saturated rings. The van der Waals surface area contributed by atoms with Crippen LogP contribution in [0.25, 0.3) is 16.7 Å². The third kappa shape index (κ3) is 3.23. The Morgan fingerprint density at radius 1 is 1.16 bits per heavy atom. The lowest BCUT2D eigenvalue weighted by Crippen LogP contribution is -2.23. The molecular formula is C18H17N3O3S. The van der Waals surface area contributed by atoms with Crippen LogP contribution >= 0.6 is 11.8 Å².